The predicted octanol–water partition coefficient (Wildman–Crippen LogP) is 12.4. The van der Waals surface area contributed by atoms with E-state index in [-0.39, 0.29) is 105 Å². The van der Waals surface area contributed by atoms with E-state index in [2.05, 4.69) is 67.9 Å². The fraction of sp³-hybridized carbons (Fsp3) is 0.364. The maximum atomic E-state index is 11.5. The summed E-state index contributed by atoms with van der Waals surface area (Å²) >= 11 is 12.5. The van der Waals surface area contributed by atoms with Gasteiger partial charge in [0, 0.05) is 111 Å². The van der Waals surface area contributed by atoms with E-state index < -0.39 is 36.3 Å². The Morgan fingerprint density at radius 1 is 0.398 bits per heavy atom. The van der Waals surface area contributed by atoms with Crippen LogP contribution in [0.1, 0.15) is 176 Å². The zero-order valence-electron chi connectivity index (χ0n) is 72.5. The second-order valence-electron chi connectivity index (χ2n) is 26.1. The maximum Gasteiger partial charge on any atom is 1.00 e. The molecule has 692 valence electrons. The van der Waals surface area contributed by atoms with Crippen LogP contribution in [0.15, 0.2) is 109 Å². The number of carboxylic acids is 5. The number of halogens is 4. The van der Waals surface area contributed by atoms with E-state index in [4.69, 9.17) is 82.7 Å². The Morgan fingerprint density at radius 3 is 1.08 bits per heavy atom. The van der Waals surface area contributed by atoms with Gasteiger partial charge in [-0.2, -0.15) is 0 Å². The molecule has 4 aliphatic rings. The number of aliphatic carboxylic acids is 5. The van der Waals surface area contributed by atoms with Crippen LogP contribution in [0.5, 0.6) is 80.5 Å². The summed E-state index contributed by atoms with van der Waals surface area (Å²) in [5, 5.41) is 79.7. The molecule has 0 fully saturated rings. The summed E-state index contributed by atoms with van der Waals surface area (Å²) in [7, 11) is 12.5. The number of ketones is 4. The van der Waals surface area contributed by atoms with Crippen molar-refractivity contribution in [1.29, 1.82) is 0 Å². The standard InChI is InChI=1S/C15H18O5.C13H14O5.C11H14O4.C11H12O4.C11H12O3.C9H8O3.C9H10O3.C6H11BrO2.C3H4O4.BBr3.Li.H2O/c1-2-19-14(18)4-3-7-20-11-8-10-5-6-12(16)15(10)13(17)9-11;14-10-4-3-8-6-9(7-11(15)13(8)10)18-5-1-2-12(16)17;2*1-14-9-5-8(3-4-11(12)13)6-10(7-9)15-2;1-13-8-5-7-3-4-9(12)11(7)10(6-8)14-2;10-6-3-5-1-2-7(11)9(5)8(12)4-6;1-11-8-3-7(6-10)4-9(5-8)12-2;1-2-9-6(8)4-3-5-7;4-2(5)1-3(6)7;2-1(3)4;;/h8-9,17H,2-7H2,1H3;6-7,15H,1-5H2,(H,16,17);5-7H,3-4H2,1-2H3,(H,12,13);3-7H,1-2H3,(H,12,13);5-6H,3-4H2,1-2H3;3-4,10,12H,1-2H2;3-6H,1-2H3;2-5H2,1H3;1H2,(H,4,5)(H,6,7);;;1H2/q;;;;;;;;;;+1;/p-1/b;;;4-3+;;;;;;;;. The van der Waals surface area contributed by atoms with Gasteiger partial charge < -0.3 is 108 Å². The van der Waals surface area contributed by atoms with Crippen molar-refractivity contribution < 1.29 is 185 Å². The minimum absolute atomic E-state index is 0. The topological polar surface area (TPSA) is 528 Å². The largest absolute Gasteiger partial charge is 1.00 e. The number of benzene rings is 7. The van der Waals surface area contributed by atoms with Crippen molar-refractivity contribution in [3.05, 3.63) is 170 Å². The van der Waals surface area contributed by atoms with Crippen LogP contribution in [-0.4, -0.2) is 214 Å². The first-order chi connectivity index (χ1) is 59.9. The van der Waals surface area contributed by atoms with Crippen molar-refractivity contribution in [3.63, 3.8) is 0 Å². The zero-order chi connectivity index (χ0) is 94.5. The van der Waals surface area contributed by atoms with E-state index in [1.807, 2.05) is 25.1 Å². The Labute approximate surface area is 785 Å². The number of carboxylic acid groups (broad SMARTS) is 5. The molecule has 0 atom stereocenters. The summed E-state index contributed by atoms with van der Waals surface area (Å²) in [4.78, 5) is 128. The Hall–Kier alpha value is -11.3. The molecular weight excluding hydrogens is 1940 g/mol. The first-order valence-corrected chi connectivity index (χ1v) is 42.4. The molecule has 0 amide bonds. The van der Waals surface area contributed by atoms with Crippen LogP contribution < -0.4 is 66.2 Å². The van der Waals surface area contributed by atoms with Gasteiger partial charge in [0.2, 0.25) is 0 Å². The molecule has 4 aliphatic carbocycles. The Kier molecular flexibility index (Phi) is 58.7. The molecule has 0 radical (unpaired) electrons. The molecule has 128 heavy (non-hydrogen) atoms. The smallest absolute Gasteiger partial charge is 0.870 e. The molecule has 0 aliphatic heterocycles. The van der Waals surface area contributed by atoms with Crippen LogP contribution >= 0.6 is 63.2 Å². The number of carbonyl (C=O) groups excluding carboxylic acids is 7. The van der Waals surface area contributed by atoms with Crippen molar-refractivity contribution in [2.45, 2.75) is 123 Å². The molecule has 0 aromatic heterocycles. The van der Waals surface area contributed by atoms with Gasteiger partial charge in [-0.15, -0.1) is 47.3 Å². The van der Waals surface area contributed by atoms with Crippen LogP contribution in [0.4, 0.5) is 0 Å². The number of methoxy groups -OCH3 is 8. The second-order valence-corrected chi connectivity index (χ2v) is 33.3. The van der Waals surface area contributed by atoms with E-state index in [9.17, 15) is 72.9 Å². The van der Waals surface area contributed by atoms with Crippen molar-refractivity contribution >= 4 is 144 Å². The minimum Gasteiger partial charge on any atom is -0.870 e. The SMILES string of the molecule is BrB(Br)Br.CCOC(=O)CCCBr.CCOC(=O)CCCOc1cc(O)c2c(c1)CCC2=O.COc1cc(/C=C/C(=O)O)cc(OC)c1.COc1cc(C=O)cc(OC)c1.COc1cc(CCC(=O)O)cc(OC)c1.COc1cc2c(c(OC)c1)C(=O)CC2.O=C(O)CC(=O)O.O=C(O)CCCOc1cc(O)c2c(c1)CCC2=O.O=C1CCc2cc(O)cc(O)c21.[Li+].[OH-]. The van der Waals surface area contributed by atoms with Crippen LogP contribution in [0, 0.1) is 0 Å². The Bertz CT molecular complexity index is 4750. The molecule has 34 nitrogen and oxygen atoms in total. The summed E-state index contributed by atoms with van der Waals surface area (Å²) in [6.45, 7) is 5.09. The molecule has 0 saturated heterocycles. The quantitative estimate of drug-likeness (QED) is 0.00371. The minimum atomic E-state index is -1.31. The molecular formula is C88H104BBr4LiO34. The normalized spacial score (nSPS) is 11.4. The number of hydrogen-bond acceptors (Lipinski definition) is 29. The first-order valence-electron chi connectivity index (χ1n) is 38.5. The number of aldehydes is 1. The van der Waals surface area contributed by atoms with Gasteiger partial charge in [0.25, 0.3) is 0 Å². The van der Waals surface area contributed by atoms with Crippen molar-refractivity contribution in [2.75, 3.05) is 88.6 Å². The number of phenols is 4. The van der Waals surface area contributed by atoms with Gasteiger partial charge in [-0.3, -0.25) is 52.7 Å². The number of phenolic OH excluding ortho intramolecular Hbond substituents is 4. The molecule has 10 N–H and O–H groups in total. The van der Waals surface area contributed by atoms with Crippen molar-refractivity contribution in [2.24, 2.45) is 0 Å². The maximum absolute atomic E-state index is 11.5. The fourth-order valence-electron chi connectivity index (χ4n) is 11.5. The third-order valence-electron chi connectivity index (χ3n) is 17.1. The van der Waals surface area contributed by atoms with Crippen LogP contribution in [0.25, 0.3) is 6.08 Å². The molecule has 11 rings (SSSR count). The number of hydrogen-bond donors (Lipinski definition) is 9. The number of carbonyl (C=O) groups is 12. The summed E-state index contributed by atoms with van der Waals surface area (Å²) in [6, 6.07) is 28.3. The van der Waals surface area contributed by atoms with Gasteiger partial charge in [0.15, 0.2) is 23.1 Å². The van der Waals surface area contributed by atoms with Gasteiger partial charge in [-0.05, 0) is 165 Å². The van der Waals surface area contributed by atoms with Crippen molar-refractivity contribution in [1.82, 2.24) is 0 Å². The van der Waals surface area contributed by atoms with E-state index in [0.717, 1.165) is 69.7 Å². The number of rotatable bonds is 31. The zero-order valence-corrected chi connectivity index (χ0v) is 78.8. The van der Waals surface area contributed by atoms with Crippen molar-refractivity contribution in [3.8, 4) is 80.5 Å². The van der Waals surface area contributed by atoms with Crippen LogP contribution in [0.3, 0.4) is 0 Å². The molecule has 7 aromatic rings. The van der Waals surface area contributed by atoms with Gasteiger partial charge in [0.05, 0.1) is 106 Å². The van der Waals surface area contributed by atoms with Gasteiger partial charge in [-0.25, -0.2) is 4.79 Å². The van der Waals surface area contributed by atoms with Gasteiger partial charge in [-0.1, -0.05) is 15.9 Å². The molecule has 0 saturated carbocycles. The number of Topliss-reactive ketones (excluding diaryl/α,β-unsaturated/α-hetero) is 4. The third kappa shape index (κ3) is 45.4. The summed E-state index contributed by atoms with van der Waals surface area (Å²) < 4.78 is 61.1. The van der Waals surface area contributed by atoms with E-state index in [0.29, 0.717) is 176 Å². The summed E-state index contributed by atoms with van der Waals surface area (Å²) in [5.41, 5.74) is 7.50. The molecule has 40 heteroatoms. The van der Waals surface area contributed by atoms with Gasteiger partial charge >= 0.3 is 63.8 Å². The van der Waals surface area contributed by atoms with E-state index in [1.165, 1.54) is 30.3 Å². The first kappa shape index (κ1) is 117. The third-order valence-corrected chi connectivity index (χ3v) is 17.7. The molecule has 0 bridgehead atoms. The monoisotopic (exact) mass is 2040 g/mol. The number of aryl methyl sites for hydroxylation is 5. The summed E-state index contributed by atoms with van der Waals surface area (Å²) in [6.07, 6.45) is 10.3. The number of alkyl halides is 1. The second kappa shape index (κ2) is 64.4. The Morgan fingerprint density at radius 2 is 0.734 bits per heavy atom. The number of ether oxygens (including phenoxy) is 12. The summed E-state index contributed by atoms with van der Waals surface area (Å²) in [5.74, 6) is 0.500. The Balaban J connectivity index is 0.00000142. The van der Waals surface area contributed by atoms with E-state index >= 15 is 0 Å². The van der Waals surface area contributed by atoms with Crippen LogP contribution in [-0.2, 0) is 75.1 Å². The van der Waals surface area contributed by atoms with Crippen LogP contribution in [0.2, 0.25) is 0 Å². The van der Waals surface area contributed by atoms with Gasteiger partial charge in [0.1, 0.15) is 93.2 Å². The molecule has 0 unspecified atom stereocenters. The molecule has 0 heterocycles. The fourth-order valence-corrected chi connectivity index (χ4v) is 11.8. The number of esters is 2. The average molecular weight is 2040 g/mol. The molecule has 0 spiro atoms. The van der Waals surface area contributed by atoms with E-state index in [1.54, 1.807) is 124 Å². The number of aromatic hydroxyl groups is 4. The molecule has 7 aromatic carbocycles. The predicted molar refractivity (Wildman–Crippen MR) is 481 cm³/mol. The average Bonchev–Trinajstić information content (AvgIpc) is 1.75. The number of fused-ring (bicyclic) bond motifs is 4.